The molecule has 0 aliphatic carbocycles. The highest BCUT2D eigenvalue weighted by Gasteiger charge is 2.49. The molecule has 2 aliphatic heterocycles. The Hall–Kier alpha value is -0.810. The molecule has 2 aliphatic rings. The number of nitrogens with zero attached hydrogens (tertiary/aromatic N) is 2. The number of ether oxygens (including phenoxy) is 2. The van der Waals surface area contributed by atoms with Crippen LogP contribution >= 0.6 is 0 Å². The molecule has 0 N–H and O–H groups in total. The average molecular weight is 256 g/mol. The van der Waals surface area contributed by atoms with Crippen molar-refractivity contribution in [2.24, 2.45) is 0 Å². The molecular weight excluding hydrogens is 232 g/mol. The van der Waals surface area contributed by atoms with Crippen molar-refractivity contribution in [3.8, 4) is 0 Å². The van der Waals surface area contributed by atoms with Crippen LogP contribution in [0, 0.1) is 0 Å². The van der Waals surface area contributed by atoms with Crippen LogP contribution in [0.25, 0.3) is 0 Å². The van der Waals surface area contributed by atoms with Crippen LogP contribution in [0.2, 0.25) is 0 Å². The van der Waals surface area contributed by atoms with Crippen LogP contribution in [-0.4, -0.2) is 68.4 Å². The second-order valence-corrected chi connectivity index (χ2v) is 5.62. The van der Waals surface area contributed by atoms with Gasteiger partial charge < -0.3 is 14.4 Å². The van der Waals surface area contributed by atoms with Gasteiger partial charge in [-0.1, -0.05) is 0 Å². The zero-order chi connectivity index (χ0) is 13.2. The van der Waals surface area contributed by atoms with Gasteiger partial charge in [-0.2, -0.15) is 0 Å². The Kier molecular flexibility index (Phi) is 4.12. The fourth-order valence-electron chi connectivity index (χ4n) is 3.35. The minimum Gasteiger partial charge on any atom is -0.448 e. The highest BCUT2D eigenvalue weighted by atomic mass is 16.6. The number of fused-ring (bicyclic) bond motifs is 1. The maximum atomic E-state index is 11.5. The Balaban J connectivity index is 1.90. The van der Waals surface area contributed by atoms with E-state index in [4.69, 9.17) is 9.47 Å². The molecule has 0 aromatic rings. The van der Waals surface area contributed by atoms with Crippen molar-refractivity contribution in [3.05, 3.63) is 0 Å². The zero-order valence-corrected chi connectivity index (χ0v) is 11.6. The van der Waals surface area contributed by atoms with E-state index in [0.29, 0.717) is 12.6 Å². The maximum Gasteiger partial charge on any atom is 0.409 e. The summed E-state index contributed by atoms with van der Waals surface area (Å²) in [6.07, 6.45) is 4.44. The van der Waals surface area contributed by atoms with E-state index in [0.717, 1.165) is 26.0 Å². The molecular formula is C13H24N2O3. The van der Waals surface area contributed by atoms with E-state index in [1.54, 1.807) is 21.2 Å². The summed E-state index contributed by atoms with van der Waals surface area (Å²) in [6.45, 7) is 2.40. The average Bonchev–Trinajstić information content (AvgIpc) is 2.85. The quantitative estimate of drug-likeness (QED) is 0.761. The van der Waals surface area contributed by atoms with Gasteiger partial charge in [0.25, 0.3) is 0 Å². The molecule has 0 spiro atoms. The Morgan fingerprint density at radius 3 is 2.89 bits per heavy atom. The second kappa shape index (κ2) is 5.45. The molecule has 5 nitrogen and oxygen atoms in total. The number of amides is 1. The first-order chi connectivity index (χ1) is 8.59. The lowest BCUT2D eigenvalue weighted by atomic mass is 9.95. The standard InChI is InChI=1S/C13H24N2O3/c1-14(2)12(16)18-9-11-5-7-13(10-17-3)6-4-8-15(11)13/h11H,4-10H2,1-3H3/t11-,13-/m1/s1. The third kappa shape index (κ3) is 2.47. The molecule has 0 aromatic heterocycles. The van der Waals surface area contributed by atoms with Crippen molar-refractivity contribution in [2.75, 3.05) is 41.0 Å². The Morgan fingerprint density at radius 1 is 1.44 bits per heavy atom. The van der Waals surface area contributed by atoms with Gasteiger partial charge in [0.2, 0.25) is 0 Å². The van der Waals surface area contributed by atoms with Crippen LogP contribution in [0.1, 0.15) is 25.7 Å². The predicted octanol–water partition coefficient (Wildman–Crippen LogP) is 1.33. The lowest BCUT2D eigenvalue weighted by molar-refractivity contribution is 0.0293. The largest absolute Gasteiger partial charge is 0.448 e. The van der Waals surface area contributed by atoms with E-state index in [1.165, 1.54) is 17.7 Å². The SMILES string of the molecule is COC[C@]12CCCN1[C@@H](COC(=O)N(C)C)CC2. The second-order valence-electron chi connectivity index (χ2n) is 5.62. The normalized spacial score (nSPS) is 31.4. The molecule has 0 radical (unpaired) electrons. The summed E-state index contributed by atoms with van der Waals surface area (Å²) in [5, 5.41) is 0. The summed E-state index contributed by atoms with van der Waals surface area (Å²) in [5.74, 6) is 0. The molecule has 2 rings (SSSR count). The summed E-state index contributed by atoms with van der Waals surface area (Å²) in [6, 6.07) is 0.367. The topological polar surface area (TPSA) is 42.0 Å². The van der Waals surface area contributed by atoms with Gasteiger partial charge >= 0.3 is 6.09 Å². The minimum absolute atomic E-state index is 0.212. The lowest BCUT2D eigenvalue weighted by Crippen LogP contribution is -2.47. The first kappa shape index (κ1) is 13.6. The fourth-order valence-corrected chi connectivity index (χ4v) is 3.35. The minimum atomic E-state index is -0.251. The maximum absolute atomic E-state index is 11.5. The van der Waals surface area contributed by atoms with Crippen molar-refractivity contribution in [1.82, 2.24) is 9.80 Å². The van der Waals surface area contributed by atoms with Gasteiger partial charge in [-0.05, 0) is 32.2 Å². The highest BCUT2D eigenvalue weighted by Crippen LogP contribution is 2.42. The van der Waals surface area contributed by atoms with E-state index in [1.807, 2.05) is 0 Å². The molecule has 1 amide bonds. The molecule has 2 saturated heterocycles. The lowest BCUT2D eigenvalue weighted by Gasteiger charge is -2.34. The van der Waals surface area contributed by atoms with Gasteiger partial charge in [-0.25, -0.2) is 4.79 Å². The van der Waals surface area contributed by atoms with E-state index in [-0.39, 0.29) is 11.6 Å². The summed E-state index contributed by atoms with van der Waals surface area (Å²) in [5.41, 5.74) is 0.212. The first-order valence-electron chi connectivity index (χ1n) is 6.69. The molecule has 0 aromatic carbocycles. The molecule has 0 saturated carbocycles. The van der Waals surface area contributed by atoms with Crippen molar-refractivity contribution < 1.29 is 14.3 Å². The van der Waals surface area contributed by atoms with E-state index in [9.17, 15) is 4.79 Å². The van der Waals surface area contributed by atoms with Crippen LogP contribution in [0.15, 0.2) is 0 Å². The number of methoxy groups -OCH3 is 1. The van der Waals surface area contributed by atoms with Crippen LogP contribution < -0.4 is 0 Å². The van der Waals surface area contributed by atoms with E-state index < -0.39 is 0 Å². The number of hydrogen-bond donors (Lipinski definition) is 0. The number of carbonyl (C=O) groups excluding carboxylic acids is 1. The van der Waals surface area contributed by atoms with Crippen LogP contribution in [0.3, 0.4) is 0 Å². The van der Waals surface area contributed by atoms with Gasteiger partial charge in [-0.3, -0.25) is 4.90 Å². The van der Waals surface area contributed by atoms with Crippen LogP contribution in [-0.2, 0) is 9.47 Å². The summed E-state index contributed by atoms with van der Waals surface area (Å²) in [4.78, 5) is 15.4. The fraction of sp³-hybridized carbons (Fsp3) is 0.923. The van der Waals surface area contributed by atoms with Crippen LogP contribution in [0.5, 0.6) is 0 Å². The number of rotatable bonds is 4. The van der Waals surface area contributed by atoms with Gasteiger partial charge in [0.1, 0.15) is 6.61 Å². The summed E-state index contributed by atoms with van der Waals surface area (Å²) in [7, 11) is 5.19. The molecule has 2 fully saturated rings. The van der Waals surface area contributed by atoms with E-state index in [2.05, 4.69) is 4.90 Å². The van der Waals surface area contributed by atoms with Crippen molar-refractivity contribution in [1.29, 1.82) is 0 Å². The summed E-state index contributed by atoms with van der Waals surface area (Å²) >= 11 is 0. The summed E-state index contributed by atoms with van der Waals surface area (Å²) < 4.78 is 10.7. The first-order valence-corrected chi connectivity index (χ1v) is 6.69. The zero-order valence-electron chi connectivity index (χ0n) is 11.6. The Morgan fingerprint density at radius 2 is 2.22 bits per heavy atom. The molecule has 104 valence electrons. The third-order valence-electron chi connectivity index (χ3n) is 4.21. The highest BCUT2D eigenvalue weighted by molar-refractivity contribution is 5.66. The third-order valence-corrected chi connectivity index (χ3v) is 4.21. The van der Waals surface area contributed by atoms with Gasteiger partial charge in [0, 0.05) is 32.8 Å². The van der Waals surface area contributed by atoms with Crippen LogP contribution in [0.4, 0.5) is 4.79 Å². The van der Waals surface area contributed by atoms with Crippen molar-refractivity contribution in [2.45, 2.75) is 37.3 Å². The molecule has 18 heavy (non-hydrogen) atoms. The van der Waals surface area contributed by atoms with Crippen molar-refractivity contribution >= 4 is 6.09 Å². The van der Waals surface area contributed by atoms with Crippen molar-refractivity contribution in [3.63, 3.8) is 0 Å². The number of hydrogen-bond acceptors (Lipinski definition) is 4. The van der Waals surface area contributed by atoms with Gasteiger partial charge in [0.05, 0.1) is 6.61 Å². The molecule has 2 atom stereocenters. The Bertz CT molecular complexity index is 309. The monoisotopic (exact) mass is 256 g/mol. The van der Waals surface area contributed by atoms with Gasteiger partial charge in [0.15, 0.2) is 0 Å². The molecule has 5 heteroatoms. The predicted molar refractivity (Wildman–Crippen MR) is 68.6 cm³/mol. The van der Waals surface area contributed by atoms with Gasteiger partial charge in [-0.15, -0.1) is 0 Å². The molecule has 2 heterocycles. The van der Waals surface area contributed by atoms with E-state index >= 15 is 0 Å². The Labute approximate surface area is 109 Å². The molecule has 0 unspecified atom stereocenters. The molecule has 0 bridgehead atoms. The number of carbonyl (C=O) groups is 1. The smallest absolute Gasteiger partial charge is 0.409 e.